The number of nitrogens with zero attached hydrogens (tertiary/aromatic N) is 1. The van der Waals surface area contributed by atoms with E-state index in [4.69, 9.17) is 15.6 Å². The summed E-state index contributed by atoms with van der Waals surface area (Å²) in [4.78, 5) is 16.0. The average Bonchev–Trinajstić information content (AvgIpc) is 2.92. The molecule has 0 atom stereocenters. The first-order chi connectivity index (χ1) is 9.11. The van der Waals surface area contributed by atoms with Crippen LogP contribution in [0, 0.1) is 0 Å². The molecule has 3 N–H and O–H groups in total. The van der Waals surface area contributed by atoms with Gasteiger partial charge in [0.05, 0.1) is 17.6 Å². The minimum Gasteiger partial charge on any atom is -0.494 e. The molecule has 0 spiro atoms. The number of aliphatic imine (C=N–C) groups is 1. The molecule has 0 amide bonds. The summed E-state index contributed by atoms with van der Waals surface area (Å²) >= 11 is 1.48. The van der Waals surface area contributed by atoms with Crippen LogP contribution in [-0.4, -0.2) is 24.0 Å². The van der Waals surface area contributed by atoms with E-state index in [0.717, 1.165) is 4.88 Å². The fourth-order valence-electron chi connectivity index (χ4n) is 1.51. The Morgan fingerprint density at radius 1 is 1.42 bits per heavy atom. The SMILES string of the molecule is COc1cc(C(=O)O)ccc1N=C(N)c1cccs1. The van der Waals surface area contributed by atoms with Crippen molar-refractivity contribution in [1.82, 2.24) is 0 Å². The van der Waals surface area contributed by atoms with Gasteiger partial charge in [0.25, 0.3) is 0 Å². The van der Waals surface area contributed by atoms with Gasteiger partial charge in [0.15, 0.2) is 0 Å². The highest BCUT2D eigenvalue weighted by Gasteiger charge is 2.09. The lowest BCUT2D eigenvalue weighted by Crippen LogP contribution is -2.10. The predicted octanol–water partition coefficient (Wildman–Crippen LogP) is 2.49. The molecule has 0 saturated heterocycles. The van der Waals surface area contributed by atoms with Crippen LogP contribution in [-0.2, 0) is 0 Å². The number of hydrogen-bond donors (Lipinski definition) is 2. The molecule has 19 heavy (non-hydrogen) atoms. The van der Waals surface area contributed by atoms with Gasteiger partial charge in [0.1, 0.15) is 17.3 Å². The summed E-state index contributed by atoms with van der Waals surface area (Å²) in [6, 6.07) is 8.20. The van der Waals surface area contributed by atoms with Gasteiger partial charge in [-0.05, 0) is 29.6 Å². The number of thiophene rings is 1. The van der Waals surface area contributed by atoms with Gasteiger partial charge < -0.3 is 15.6 Å². The fraction of sp³-hybridized carbons (Fsp3) is 0.0769. The molecule has 0 saturated carbocycles. The summed E-state index contributed by atoms with van der Waals surface area (Å²) in [7, 11) is 1.46. The van der Waals surface area contributed by atoms with E-state index in [-0.39, 0.29) is 5.56 Å². The number of rotatable bonds is 4. The van der Waals surface area contributed by atoms with Crippen molar-refractivity contribution < 1.29 is 14.6 Å². The Morgan fingerprint density at radius 3 is 2.79 bits per heavy atom. The molecule has 6 heteroatoms. The van der Waals surface area contributed by atoms with E-state index >= 15 is 0 Å². The Hall–Kier alpha value is -2.34. The first-order valence-corrected chi connectivity index (χ1v) is 6.29. The van der Waals surface area contributed by atoms with Crippen molar-refractivity contribution in [3.63, 3.8) is 0 Å². The van der Waals surface area contributed by atoms with Crippen LogP contribution in [0.15, 0.2) is 40.7 Å². The van der Waals surface area contributed by atoms with Crippen LogP contribution in [0.5, 0.6) is 5.75 Å². The van der Waals surface area contributed by atoms with E-state index in [0.29, 0.717) is 17.3 Å². The monoisotopic (exact) mass is 276 g/mol. The molecule has 0 unspecified atom stereocenters. The number of carboxylic acid groups (broad SMARTS) is 1. The standard InChI is InChI=1S/C13H12N2O3S/c1-18-10-7-8(13(16)17)4-5-9(10)15-12(14)11-3-2-6-19-11/h2-7H,1H3,(H2,14,15)(H,16,17). The normalized spacial score (nSPS) is 11.3. The quantitative estimate of drug-likeness (QED) is 0.663. The van der Waals surface area contributed by atoms with Crippen LogP contribution in [0.4, 0.5) is 5.69 Å². The Kier molecular flexibility index (Phi) is 3.82. The van der Waals surface area contributed by atoms with Crippen molar-refractivity contribution in [2.75, 3.05) is 7.11 Å². The van der Waals surface area contributed by atoms with Gasteiger partial charge in [-0.15, -0.1) is 11.3 Å². The number of hydrogen-bond acceptors (Lipinski definition) is 4. The lowest BCUT2D eigenvalue weighted by Gasteiger charge is -2.06. The average molecular weight is 276 g/mol. The number of benzene rings is 1. The predicted molar refractivity (Wildman–Crippen MR) is 74.7 cm³/mol. The van der Waals surface area contributed by atoms with Crippen molar-refractivity contribution in [2.45, 2.75) is 0 Å². The molecular weight excluding hydrogens is 264 g/mol. The molecule has 1 aromatic carbocycles. The third-order valence-electron chi connectivity index (χ3n) is 2.44. The maximum atomic E-state index is 10.9. The molecule has 0 fully saturated rings. The Bertz CT molecular complexity index is 621. The summed E-state index contributed by atoms with van der Waals surface area (Å²) in [6.07, 6.45) is 0. The van der Waals surface area contributed by atoms with E-state index in [2.05, 4.69) is 4.99 Å². The first kappa shape index (κ1) is 13.1. The molecule has 0 radical (unpaired) electrons. The van der Waals surface area contributed by atoms with Crippen LogP contribution < -0.4 is 10.5 Å². The van der Waals surface area contributed by atoms with E-state index in [9.17, 15) is 4.79 Å². The molecule has 0 aliphatic heterocycles. The minimum atomic E-state index is -1.01. The number of carboxylic acids is 1. The zero-order chi connectivity index (χ0) is 13.8. The van der Waals surface area contributed by atoms with Gasteiger partial charge >= 0.3 is 5.97 Å². The van der Waals surface area contributed by atoms with Crippen LogP contribution in [0.1, 0.15) is 15.2 Å². The molecule has 2 aromatic rings. The molecule has 98 valence electrons. The second-order valence-electron chi connectivity index (χ2n) is 3.67. The number of carbonyl (C=O) groups is 1. The van der Waals surface area contributed by atoms with Gasteiger partial charge in [0, 0.05) is 0 Å². The van der Waals surface area contributed by atoms with Crippen molar-refractivity contribution in [3.8, 4) is 5.75 Å². The summed E-state index contributed by atoms with van der Waals surface area (Å²) in [6.45, 7) is 0. The second kappa shape index (κ2) is 5.53. The third kappa shape index (κ3) is 2.92. The lowest BCUT2D eigenvalue weighted by molar-refractivity contribution is 0.0696. The van der Waals surface area contributed by atoms with Gasteiger partial charge in [0.2, 0.25) is 0 Å². The molecule has 1 heterocycles. The Morgan fingerprint density at radius 2 is 2.21 bits per heavy atom. The molecule has 5 nitrogen and oxygen atoms in total. The summed E-state index contributed by atoms with van der Waals surface area (Å²) < 4.78 is 5.13. The Balaban J connectivity index is 2.40. The molecule has 2 rings (SSSR count). The maximum Gasteiger partial charge on any atom is 0.335 e. The zero-order valence-electron chi connectivity index (χ0n) is 10.2. The largest absolute Gasteiger partial charge is 0.494 e. The smallest absolute Gasteiger partial charge is 0.335 e. The van der Waals surface area contributed by atoms with E-state index in [1.807, 2.05) is 17.5 Å². The number of aromatic carboxylic acids is 1. The van der Waals surface area contributed by atoms with Crippen molar-refractivity contribution in [1.29, 1.82) is 0 Å². The molecular formula is C13H12N2O3S. The molecule has 0 bridgehead atoms. The van der Waals surface area contributed by atoms with E-state index in [1.165, 1.54) is 30.6 Å². The molecule has 1 aromatic heterocycles. The maximum absolute atomic E-state index is 10.9. The van der Waals surface area contributed by atoms with E-state index in [1.54, 1.807) is 6.07 Å². The number of amidine groups is 1. The highest BCUT2D eigenvalue weighted by atomic mass is 32.1. The van der Waals surface area contributed by atoms with Crippen molar-refractivity contribution in [2.24, 2.45) is 10.7 Å². The van der Waals surface area contributed by atoms with Crippen molar-refractivity contribution >= 4 is 28.8 Å². The minimum absolute atomic E-state index is 0.144. The number of nitrogens with two attached hydrogens (primary N) is 1. The highest BCUT2D eigenvalue weighted by Crippen LogP contribution is 2.29. The van der Waals surface area contributed by atoms with Crippen LogP contribution >= 0.6 is 11.3 Å². The van der Waals surface area contributed by atoms with Gasteiger partial charge in [-0.3, -0.25) is 0 Å². The first-order valence-electron chi connectivity index (χ1n) is 5.41. The number of ether oxygens (including phenoxy) is 1. The fourth-order valence-corrected chi connectivity index (χ4v) is 2.14. The van der Waals surface area contributed by atoms with Crippen LogP contribution in [0.25, 0.3) is 0 Å². The Labute approximate surface area is 114 Å². The summed E-state index contributed by atoms with van der Waals surface area (Å²) in [5.41, 5.74) is 6.52. The lowest BCUT2D eigenvalue weighted by atomic mass is 10.2. The van der Waals surface area contributed by atoms with Gasteiger partial charge in [-0.1, -0.05) is 6.07 Å². The summed E-state index contributed by atoms with van der Waals surface area (Å²) in [5.74, 6) is -0.268. The third-order valence-corrected chi connectivity index (χ3v) is 3.33. The van der Waals surface area contributed by atoms with Gasteiger partial charge in [-0.25, -0.2) is 9.79 Å². The second-order valence-corrected chi connectivity index (χ2v) is 4.61. The van der Waals surface area contributed by atoms with E-state index < -0.39 is 5.97 Å². The summed E-state index contributed by atoms with van der Waals surface area (Å²) in [5, 5.41) is 10.8. The molecule has 0 aliphatic carbocycles. The number of methoxy groups -OCH3 is 1. The highest BCUT2D eigenvalue weighted by molar-refractivity contribution is 7.12. The topological polar surface area (TPSA) is 84.9 Å². The van der Waals surface area contributed by atoms with Crippen LogP contribution in [0.2, 0.25) is 0 Å². The zero-order valence-corrected chi connectivity index (χ0v) is 11.0. The van der Waals surface area contributed by atoms with Gasteiger partial charge in [-0.2, -0.15) is 0 Å². The van der Waals surface area contributed by atoms with Crippen molar-refractivity contribution in [3.05, 3.63) is 46.2 Å². The van der Waals surface area contributed by atoms with Crippen LogP contribution in [0.3, 0.4) is 0 Å². The molecule has 0 aliphatic rings.